The number of nitrogens with two attached hydrogens (primary N) is 2. The van der Waals surface area contributed by atoms with Gasteiger partial charge in [-0.05, 0) is 52.3 Å². The smallest absolute Gasteiger partial charge is 0.243 e. The molecule has 0 bridgehead atoms. The third-order valence-corrected chi connectivity index (χ3v) is 8.54. The first-order valence-electron chi connectivity index (χ1n) is 15.3. The van der Waals surface area contributed by atoms with Crippen LogP contribution in [-0.4, -0.2) is 41.6 Å². The maximum atomic E-state index is 13.4. The number of rotatable bonds is 16. The van der Waals surface area contributed by atoms with Crippen molar-refractivity contribution in [3.63, 3.8) is 0 Å². The fourth-order valence-electron chi connectivity index (χ4n) is 4.93. The number of anilines is 1. The molecule has 3 atom stereocenters. The monoisotopic (exact) mass is 653 g/mol. The van der Waals surface area contributed by atoms with E-state index < -0.39 is 29.8 Å². The Morgan fingerprint density at radius 1 is 0.638 bits per heavy atom. The largest absolute Gasteiger partial charge is 0.369 e. The summed E-state index contributed by atoms with van der Waals surface area (Å²) in [7, 11) is 0. The van der Waals surface area contributed by atoms with E-state index in [0.717, 1.165) is 27.1 Å². The van der Waals surface area contributed by atoms with E-state index in [9.17, 15) is 24.0 Å². The maximum Gasteiger partial charge on any atom is 0.243 e. The summed E-state index contributed by atoms with van der Waals surface area (Å²) in [6.45, 7) is 1.75. The number of benzene rings is 3. The van der Waals surface area contributed by atoms with E-state index in [-0.39, 0.29) is 43.4 Å². The fourth-order valence-corrected chi connectivity index (χ4v) is 5.68. The molecule has 0 aliphatic carbocycles. The number of hydrogen-bond acceptors (Lipinski definition) is 6. The Labute approximate surface area is 277 Å². The molecule has 11 heteroatoms. The van der Waals surface area contributed by atoms with Crippen molar-refractivity contribution in [2.45, 2.75) is 51.1 Å². The third kappa shape index (κ3) is 10.9. The highest BCUT2D eigenvalue weighted by atomic mass is 32.1. The Balaban J connectivity index is 1.33. The predicted octanol–water partition coefficient (Wildman–Crippen LogP) is 3.74. The van der Waals surface area contributed by atoms with Gasteiger partial charge < -0.3 is 27.4 Å². The average Bonchev–Trinajstić information content (AvgIpc) is 3.58. The van der Waals surface area contributed by atoms with Crippen LogP contribution in [0.2, 0.25) is 0 Å². The molecular weight excluding hydrogens is 614 g/mol. The molecule has 4 aromatic rings. The Morgan fingerprint density at radius 2 is 1.26 bits per heavy atom. The predicted molar refractivity (Wildman–Crippen MR) is 183 cm³/mol. The van der Waals surface area contributed by atoms with Gasteiger partial charge in [0.1, 0.15) is 12.1 Å². The molecule has 0 aliphatic rings. The van der Waals surface area contributed by atoms with Crippen LogP contribution in [0.3, 0.4) is 0 Å². The maximum absolute atomic E-state index is 13.4. The topological polar surface area (TPSA) is 173 Å². The zero-order chi connectivity index (χ0) is 33.8. The minimum absolute atomic E-state index is 0.109. The van der Waals surface area contributed by atoms with Crippen molar-refractivity contribution in [1.29, 1.82) is 0 Å². The molecule has 7 N–H and O–H groups in total. The van der Waals surface area contributed by atoms with Crippen molar-refractivity contribution in [2.24, 2.45) is 17.4 Å². The van der Waals surface area contributed by atoms with Gasteiger partial charge in [-0.3, -0.25) is 24.0 Å². The van der Waals surface area contributed by atoms with E-state index in [2.05, 4.69) is 16.0 Å². The summed E-state index contributed by atoms with van der Waals surface area (Å²) in [5.74, 6) is -2.79. The molecule has 5 amide bonds. The molecule has 0 spiro atoms. The van der Waals surface area contributed by atoms with Gasteiger partial charge in [0.2, 0.25) is 29.5 Å². The molecule has 0 saturated carbocycles. The van der Waals surface area contributed by atoms with E-state index in [1.54, 1.807) is 31.2 Å². The summed E-state index contributed by atoms with van der Waals surface area (Å²) < 4.78 is 0. The molecule has 4 rings (SSSR count). The van der Waals surface area contributed by atoms with Gasteiger partial charge in [-0.15, -0.1) is 11.3 Å². The van der Waals surface area contributed by atoms with Crippen LogP contribution in [0, 0.1) is 5.92 Å². The molecular formula is C36H39N5O5S. The molecule has 3 aromatic carbocycles. The minimum atomic E-state index is -0.996. The number of carbonyl (C=O) groups excluding carboxylic acids is 5. The van der Waals surface area contributed by atoms with E-state index >= 15 is 0 Å². The molecule has 0 radical (unpaired) electrons. The van der Waals surface area contributed by atoms with Crippen LogP contribution in [0.1, 0.15) is 35.8 Å². The molecule has 0 aliphatic heterocycles. The van der Waals surface area contributed by atoms with Crippen molar-refractivity contribution < 1.29 is 24.0 Å². The van der Waals surface area contributed by atoms with Crippen LogP contribution in [0.25, 0.3) is 11.1 Å². The SMILES string of the molecule is C[C@@H](Cc1ccc(NC(=O)CCC(=O)NC(Cc2cccs2)C(=O)N[C@@H](Cc2ccc(-c3ccccc3)cc2)C(N)=O)cc1)C(N)=O. The Morgan fingerprint density at radius 3 is 1.87 bits per heavy atom. The standard InChI is InChI=1S/C36H39N5O5S/c1-23(34(37)44)20-24-11-15-28(16-12-24)39-32(42)17-18-33(43)40-31(22-29-8-5-19-47-29)36(46)41-30(35(38)45)21-25-9-13-27(14-10-25)26-6-3-2-4-7-26/h2-16,19,23,30-31H,17-18,20-22H2,1H3,(H2,37,44)(H2,38,45)(H,39,42)(H,40,43)(H,41,46)/t23-,30-,31?/m0/s1. The summed E-state index contributed by atoms with van der Waals surface area (Å²) in [5, 5.41) is 10.1. The fraction of sp³-hybridized carbons (Fsp3) is 0.250. The van der Waals surface area contributed by atoms with Crippen LogP contribution in [0.4, 0.5) is 5.69 Å². The number of nitrogens with one attached hydrogen (secondary N) is 3. The van der Waals surface area contributed by atoms with Crippen molar-refractivity contribution in [2.75, 3.05) is 5.32 Å². The minimum Gasteiger partial charge on any atom is -0.369 e. The molecule has 1 heterocycles. The highest BCUT2D eigenvalue weighted by Crippen LogP contribution is 2.20. The lowest BCUT2D eigenvalue weighted by molar-refractivity contribution is -0.131. The van der Waals surface area contributed by atoms with Gasteiger partial charge in [0, 0.05) is 42.2 Å². The van der Waals surface area contributed by atoms with E-state index in [0.29, 0.717) is 12.1 Å². The second-order valence-corrected chi connectivity index (χ2v) is 12.4. The molecule has 1 aromatic heterocycles. The van der Waals surface area contributed by atoms with Crippen molar-refractivity contribution >= 4 is 46.6 Å². The number of hydrogen-bond donors (Lipinski definition) is 5. The Kier molecular flexibility index (Phi) is 12.4. The first kappa shape index (κ1) is 34.6. The van der Waals surface area contributed by atoms with Gasteiger partial charge in [-0.1, -0.05) is 79.7 Å². The van der Waals surface area contributed by atoms with E-state index in [4.69, 9.17) is 11.5 Å². The molecule has 47 heavy (non-hydrogen) atoms. The van der Waals surface area contributed by atoms with Crippen molar-refractivity contribution in [3.8, 4) is 11.1 Å². The van der Waals surface area contributed by atoms with E-state index in [1.165, 1.54) is 11.3 Å². The summed E-state index contributed by atoms with van der Waals surface area (Å²) >= 11 is 1.44. The van der Waals surface area contributed by atoms with Gasteiger partial charge in [-0.25, -0.2) is 0 Å². The lowest BCUT2D eigenvalue weighted by Crippen LogP contribution is -2.54. The van der Waals surface area contributed by atoms with Crippen LogP contribution < -0.4 is 27.4 Å². The second kappa shape index (κ2) is 16.9. The molecule has 244 valence electrons. The highest BCUT2D eigenvalue weighted by Gasteiger charge is 2.27. The number of carbonyl (C=O) groups is 5. The van der Waals surface area contributed by atoms with Gasteiger partial charge in [0.05, 0.1) is 0 Å². The van der Waals surface area contributed by atoms with Gasteiger partial charge in [0.25, 0.3) is 0 Å². The van der Waals surface area contributed by atoms with Crippen LogP contribution in [0.15, 0.2) is 96.4 Å². The van der Waals surface area contributed by atoms with Crippen LogP contribution >= 0.6 is 11.3 Å². The first-order chi connectivity index (χ1) is 22.6. The summed E-state index contributed by atoms with van der Waals surface area (Å²) in [4.78, 5) is 63.4. The quantitative estimate of drug-likeness (QED) is 0.124. The lowest BCUT2D eigenvalue weighted by Gasteiger charge is -2.22. The third-order valence-electron chi connectivity index (χ3n) is 7.64. The first-order valence-corrected chi connectivity index (χ1v) is 16.2. The lowest BCUT2D eigenvalue weighted by atomic mass is 10.00. The van der Waals surface area contributed by atoms with Crippen LogP contribution in [0.5, 0.6) is 0 Å². The van der Waals surface area contributed by atoms with Gasteiger partial charge in [0.15, 0.2) is 0 Å². The number of primary amides is 2. The second-order valence-electron chi connectivity index (χ2n) is 11.4. The Bertz CT molecular complexity index is 1660. The summed E-state index contributed by atoms with van der Waals surface area (Å²) in [6, 6.07) is 26.3. The van der Waals surface area contributed by atoms with E-state index in [1.807, 2.05) is 72.1 Å². The molecule has 0 fully saturated rings. The highest BCUT2D eigenvalue weighted by molar-refractivity contribution is 7.09. The molecule has 1 unspecified atom stereocenters. The van der Waals surface area contributed by atoms with Gasteiger partial charge in [-0.2, -0.15) is 0 Å². The number of thiophene rings is 1. The average molecular weight is 654 g/mol. The van der Waals surface area contributed by atoms with Crippen molar-refractivity contribution in [1.82, 2.24) is 10.6 Å². The zero-order valence-corrected chi connectivity index (χ0v) is 26.9. The van der Waals surface area contributed by atoms with Gasteiger partial charge >= 0.3 is 0 Å². The normalized spacial score (nSPS) is 12.7. The Hall–Kier alpha value is -5.29. The summed E-state index contributed by atoms with van der Waals surface area (Å²) in [6.07, 6.45) is 0.621. The number of amides is 5. The van der Waals surface area contributed by atoms with Crippen molar-refractivity contribution in [3.05, 3.63) is 112 Å². The molecule has 0 saturated heterocycles. The molecule has 10 nitrogen and oxygen atoms in total. The zero-order valence-electron chi connectivity index (χ0n) is 26.1. The van der Waals surface area contributed by atoms with Crippen LogP contribution in [-0.2, 0) is 43.2 Å². The summed E-state index contributed by atoms with van der Waals surface area (Å²) in [5.41, 5.74) is 15.4.